The van der Waals surface area contributed by atoms with Gasteiger partial charge in [0.05, 0.1) is 11.4 Å². The molecule has 19 heavy (non-hydrogen) atoms. The fourth-order valence-corrected chi connectivity index (χ4v) is 2.03. The Labute approximate surface area is 115 Å². The van der Waals surface area contributed by atoms with Crippen LogP contribution in [0.25, 0.3) is 0 Å². The molecule has 0 saturated heterocycles. The largest absolute Gasteiger partial charge is 0.480 e. The van der Waals surface area contributed by atoms with Gasteiger partial charge in [0.1, 0.15) is 5.54 Å². The predicted molar refractivity (Wildman–Crippen MR) is 71.1 cm³/mol. The topological polar surface area (TPSA) is 86.7 Å². The van der Waals surface area contributed by atoms with E-state index >= 15 is 0 Å². The van der Waals surface area contributed by atoms with Crippen LogP contribution in [0.1, 0.15) is 23.5 Å². The summed E-state index contributed by atoms with van der Waals surface area (Å²) in [5.41, 5.74) is -1.36. The van der Waals surface area contributed by atoms with Crippen LogP contribution in [0.15, 0.2) is 17.5 Å². The average molecular weight is 284 g/mol. The highest BCUT2D eigenvalue weighted by molar-refractivity contribution is 7.12. The molecule has 0 radical (unpaired) electrons. The standard InChI is InChI=1S/C12H16N2O4S/c1-12(2,11(17)18)13-9(15)7-14(3)10(16)8-5-4-6-19-8/h4-6H,7H2,1-3H3,(H,13,15)(H,17,18). The Hall–Kier alpha value is -1.89. The number of nitrogens with zero attached hydrogens (tertiary/aromatic N) is 1. The van der Waals surface area contributed by atoms with Crippen LogP contribution in [0.5, 0.6) is 0 Å². The van der Waals surface area contributed by atoms with E-state index in [2.05, 4.69) is 5.32 Å². The number of carbonyl (C=O) groups excluding carboxylic acids is 2. The lowest BCUT2D eigenvalue weighted by atomic mass is 10.1. The first-order valence-corrected chi connectivity index (χ1v) is 6.45. The fraction of sp³-hybridized carbons (Fsp3) is 0.417. The minimum Gasteiger partial charge on any atom is -0.480 e. The van der Waals surface area contributed by atoms with Gasteiger partial charge in [0.15, 0.2) is 0 Å². The summed E-state index contributed by atoms with van der Waals surface area (Å²) in [6.45, 7) is 2.58. The highest BCUT2D eigenvalue weighted by Gasteiger charge is 2.29. The van der Waals surface area contributed by atoms with Crippen molar-refractivity contribution in [1.29, 1.82) is 0 Å². The lowest BCUT2D eigenvalue weighted by Crippen LogP contribution is -2.52. The zero-order valence-corrected chi connectivity index (χ0v) is 11.8. The van der Waals surface area contributed by atoms with Gasteiger partial charge in [0.2, 0.25) is 5.91 Å². The number of aliphatic carboxylic acids is 1. The molecule has 1 aromatic rings. The minimum absolute atomic E-state index is 0.187. The normalized spacial score (nSPS) is 10.9. The Kier molecular flexibility index (Phi) is 4.66. The van der Waals surface area contributed by atoms with Crippen LogP contribution in [0.3, 0.4) is 0 Å². The number of nitrogens with one attached hydrogen (secondary N) is 1. The molecule has 1 aromatic heterocycles. The number of carbonyl (C=O) groups is 3. The molecule has 6 nitrogen and oxygen atoms in total. The number of likely N-dealkylation sites (N-methyl/N-ethyl adjacent to an activating group) is 1. The molecular formula is C12H16N2O4S. The van der Waals surface area contributed by atoms with E-state index in [1.807, 2.05) is 0 Å². The molecule has 0 saturated carbocycles. The van der Waals surface area contributed by atoms with E-state index in [1.165, 1.54) is 37.1 Å². The van der Waals surface area contributed by atoms with Gasteiger partial charge in [-0.05, 0) is 25.3 Å². The molecule has 7 heteroatoms. The van der Waals surface area contributed by atoms with E-state index in [4.69, 9.17) is 5.11 Å². The molecular weight excluding hydrogens is 268 g/mol. The maximum absolute atomic E-state index is 11.9. The minimum atomic E-state index is -1.36. The number of hydrogen-bond donors (Lipinski definition) is 2. The van der Waals surface area contributed by atoms with Gasteiger partial charge in [-0.2, -0.15) is 0 Å². The van der Waals surface area contributed by atoms with E-state index in [-0.39, 0.29) is 12.5 Å². The Bertz CT molecular complexity index is 482. The SMILES string of the molecule is CN(CC(=O)NC(C)(C)C(=O)O)C(=O)c1cccs1. The van der Waals surface area contributed by atoms with E-state index in [0.717, 1.165) is 0 Å². The van der Waals surface area contributed by atoms with Crippen molar-refractivity contribution in [2.45, 2.75) is 19.4 Å². The molecule has 0 atom stereocenters. The third kappa shape index (κ3) is 4.06. The summed E-state index contributed by atoms with van der Waals surface area (Å²) in [5, 5.41) is 13.0. The molecule has 104 valence electrons. The maximum atomic E-state index is 11.9. The van der Waals surface area contributed by atoms with Gasteiger partial charge < -0.3 is 15.3 Å². The highest BCUT2D eigenvalue weighted by atomic mass is 32.1. The van der Waals surface area contributed by atoms with Crippen LogP contribution in [-0.4, -0.2) is 46.9 Å². The van der Waals surface area contributed by atoms with Gasteiger partial charge in [-0.25, -0.2) is 4.79 Å². The molecule has 1 rings (SSSR count). The Morgan fingerprint density at radius 3 is 2.53 bits per heavy atom. The van der Waals surface area contributed by atoms with Crippen molar-refractivity contribution in [2.24, 2.45) is 0 Å². The van der Waals surface area contributed by atoms with Crippen LogP contribution in [0.4, 0.5) is 0 Å². The van der Waals surface area contributed by atoms with Gasteiger partial charge in [0.25, 0.3) is 5.91 Å². The van der Waals surface area contributed by atoms with Crippen molar-refractivity contribution in [3.05, 3.63) is 22.4 Å². The highest BCUT2D eigenvalue weighted by Crippen LogP contribution is 2.11. The molecule has 0 aliphatic carbocycles. The first kappa shape index (κ1) is 15.2. The smallest absolute Gasteiger partial charge is 0.328 e. The second-order valence-corrected chi connectivity index (χ2v) is 5.56. The van der Waals surface area contributed by atoms with Crippen LogP contribution in [-0.2, 0) is 9.59 Å². The molecule has 0 fully saturated rings. The molecule has 0 aliphatic rings. The summed E-state index contributed by atoms with van der Waals surface area (Å²) in [7, 11) is 1.50. The monoisotopic (exact) mass is 284 g/mol. The second-order valence-electron chi connectivity index (χ2n) is 4.62. The van der Waals surface area contributed by atoms with Crippen LogP contribution in [0, 0.1) is 0 Å². The van der Waals surface area contributed by atoms with Gasteiger partial charge >= 0.3 is 5.97 Å². The second kappa shape index (κ2) is 5.83. The zero-order valence-electron chi connectivity index (χ0n) is 11.0. The summed E-state index contributed by atoms with van der Waals surface area (Å²) in [6, 6.07) is 3.42. The van der Waals surface area contributed by atoms with Crippen LogP contribution in [0.2, 0.25) is 0 Å². The summed E-state index contributed by atoms with van der Waals surface area (Å²) in [6.07, 6.45) is 0. The zero-order chi connectivity index (χ0) is 14.6. The fourth-order valence-electron chi connectivity index (χ4n) is 1.32. The van der Waals surface area contributed by atoms with E-state index in [0.29, 0.717) is 4.88 Å². The van der Waals surface area contributed by atoms with Crippen LogP contribution >= 0.6 is 11.3 Å². The first-order valence-electron chi connectivity index (χ1n) is 5.57. The number of amides is 2. The first-order chi connectivity index (χ1) is 8.74. The van der Waals surface area contributed by atoms with E-state index in [9.17, 15) is 14.4 Å². The number of hydrogen-bond acceptors (Lipinski definition) is 4. The van der Waals surface area contributed by atoms with Gasteiger partial charge in [0, 0.05) is 7.05 Å². The van der Waals surface area contributed by atoms with Crippen molar-refractivity contribution < 1.29 is 19.5 Å². The van der Waals surface area contributed by atoms with E-state index in [1.54, 1.807) is 17.5 Å². The molecule has 0 unspecified atom stereocenters. The molecule has 2 N–H and O–H groups in total. The summed E-state index contributed by atoms with van der Waals surface area (Å²) in [4.78, 5) is 36.2. The number of thiophene rings is 1. The summed E-state index contributed by atoms with van der Waals surface area (Å²) in [5.74, 6) is -1.91. The third-order valence-corrected chi connectivity index (χ3v) is 3.30. The van der Waals surface area contributed by atoms with Crippen molar-refractivity contribution >= 4 is 29.1 Å². The molecule has 0 aromatic carbocycles. The van der Waals surface area contributed by atoms with Gasteiger partial charge in [-0.1, -0.05) is 6.07 Å². The Morgan fingerprint density at radius 1 is 1.42 bits per heavy atom. The quantitative estimate of drug-likeness (QED) is 0.837. The summed E-state index contributed by atoms with van der Waals surface area (Å²) < 4.78 is 0. The number of rotatable bonds is 5. The van der Waals surface area contributed by atoms with Crippen molar-refractivity contribution in [2.75, 3.05) is 13.6 Å². The molecule has 0 spiro atoms. The molecule has 0 aliphatic heterocycles. The number of carboxylic acid groups (broad SMARTS) is 1. The predicted octanol–water partition coefficient (Wildman–Crippen LogP) is 0.800. The maximum Gasteiger partial charge on any atom is 0.328 e. The van der Waals surface area contributed by atoms with Gasteiger partial charge in [-0.3, -0.25) is 9.59 Å². The van der Waals surface area contributed by atoms with Crippen LogP contribution < -0.4 is 5.32 Å². The molecule has 1 heterocycles. The summed E-state index contributed by atoms with van der Waals surface area (Å²) >= 11 is 1.29. The number of carboxylic acids is 1. The lowest BCUT2D eigenvalue weighted by Gasteiger charge is -2.23. The van der Waals surface area contributed by atoms with Crippen molar-refractivity contribution in [3.8, 4) is 0 Å². The van der Waals surface area contributed by atoms with E-state index < -0.39 is 17.4 Å². The third-order valence-electron chi connectivity index (χ3n) is 2.45. The lowest BCUT2D eigenvalue weighted by molar-refractivity contribution is -0.146. The Balaban J connectivity index is 2.58. The van der Waals surface area contributed by atoms with Crippen molar-refractivity contribution in [1.82, 2.24) is 10.2 Å². The average Bonchev–Trinajstić information content (AvgIpc) is 2.79. The van der Waals surface area contributed by atoms with Crippen molar-refractivity contribution in [3.63, 3.8) is 0 Å². The Morgan fingerprint density at radius 2 is 2.05 bits per heavy atom. The van der Waals surface area contributed by atoms with Gasteiger partial charge in [-0.15, -0.1) is 11.3 Å². The molecule has 2 amide bonds. The molecule has 0 bridgehead atoms.